The van der Waals surface area contributed by atoms with Gasteiger partial charge in [-0.15, -0.1) is 0 Å². The van der Waals surface area contributed by atoms with Crippen LogP contribution in [0.5, 0.6) is 0 Å². The van der Waals surface area contributed by atoms with Gasteiger partial charge in [0.25, 0.3) is 0 Å². The van der Waals surface area contributed by atoms with Crippen LogP contribution in [0.4, 0.5) is 10.5 Å². The molecule has 0 radical (unpaired) electrons. The average molecular weight is 317 g/mol. The van der Waals surface area contributed by atoms with Gasteiger partial charge in [0, 0.05) is 42.0 Å². The third kappa shape index (κ3) is 4.99. The highest BCUT2D eigenvalue weighted by atomic mass is 16.3. The van der Waals surface area contributed by atoms with Crippen LogP contribution in [-0.4, -0.2) is 40.7 Å². The smallest absolute Gasteiger partial charge is 0.321 e. The van der Waals surface area contributed by atoms with Gasteiger partial charge in [-0.05, 0) is 43.0 Å². The van der Waals surface area contributed by atoms with Crippen molar-refractivity contribution in [1.82, 2.24) is 9.88 Å². The maximum absolute atomic E-state index is 12.6. The minimum Gasteiger partial charge on any atom is -0.396 e. The Bertz CT molecular complexity index is 670. The van der Waals surface area contributed by atoms with E-state index < -0.39 is 0 Å². The monoisotopic (exact) mass is 317 g/mol. The molecule has 0 aliphatic carbocycles. The molecular formula is C18H27N3O2. The molecule has 1 heterocycles. The van der Waals surface area contributed by atoms with Crippen molar-refractivity contribution in [2.24, 2.45) is 5.41 Å². The highest BCUT2D eigenvalue weighted by Crippen LogP contribution is 2.21. The maximum Gasteiger partial charge on any atom is 0.321 e. The van der Waals surface area contributed by atoms with Gasteiger partial charge in [0.1, 0.15) is 0 Å². The molecule has 5 nitrogen and oxygen atoms in total. The van der Waals surface area contributed by atoms with Crippen LogP contribution in [0.15, 0.2) is 24.3 Å². The van der Waals surface area contributed by atoms with Crippen LogP contribution in [0.1, 0.15) is 32.9 Å². The van der Waals surface area contributed by atoms with E-state index in [1.54, 1.807) is 4.90 Å². The molecule has 0 saturated heterocycles. The number of urea groups is 1. The lowest BCUT2D eigenvalue weighted by Crippen LogP contribution is -2.41. The Hall–Kier alpha value is -2.01. The van der Waals surface area contributed by atoms with Gasteiger partial charge >= 0.3 is 6.03 Å². The number of aliphatic hydroxyl groups is 1. The second-order valence-corrected chi connectivity index (χ2v) is 7.24. The van der Waals surface area contributed by atoms with E-state index in [-0.39, 0.29) is 18.1 Å². The zero-order chi connectivity index (χ0) is 17.0. The first-order valence-corrected chi connectivity index (χ1v) is 8.05. The van der Waals surface area contributed by atoms with Crippen molar-refractivity contribution >= 4 is 22.6 Å². The van der Waals surface area contributed by atoms with Crippen molar-refractivity contribution < 1.29 is 9.90 Å². The number of aromatic amines is 1. The number of fused-ring (bicyclic) bond motifs is 1. The molecule has 2 amide bonds. The first-order valence-electron chi connectivity index (χ1n) is 8.05. The molecule has 5 heteroatoms. The highest BCUT2D eigenvalue weighted by molar-refractivity contribution is 5.93. The van der Waals surface area contributed by atoms with E-state index in [1.807, 2.05) is 25.1 Å². The lowest BCUT2D eigenvalue weighted by molar-refractivity contribution is 0.176. The Morgan fingerprint density at radius 1 is 1.30 bits per heavy atom. The van der Waals surface area contributed by atoms with Gasteiger partial charge in [-0.1, -0.05) is 20.8 Å². The number of carbonyl (C=O) groups is 1. The zero-order valence-electron chi connectivity index (χ0n) is 14.4. The molecule has 0 fully saturated rings. The summed E-state index contributed by atoms with van der Waals surface area (Å²) in [7, 11) is 0. The molecule has 1 aromatic heterocycles. The molecule has 0 saturated carbocycles. The van der Waals surface area contributed by atoms with Gasteiger partial charge in [-0.2, -0.15) is 0 Å². The number of hydrogen-bond donors (Lipinski definition) is 3. The van der Waals surface area contributed by atoms with Crippen molar-refractivity contribution in [2.45, 2.75) is 34.1 Å². The molecule has 0 aliphatic heterocycles. The molecule has 2 rings (SSSR count). The number of nitrogens with zero attached hydrogens (tertiary/aromatic N) is 1. The van der Waals surface area contributed by atoms with E-state index in [2.05, 4.69) is 37.1 Å². The average Bonchev–Trinajstić information content (AvgIpc) is 2.81. The molecule has 3 N–H and O–H groups in total. The lowest BCUT2D eigenvalue weighted by Gasteiger charge is -2.30. The summed E-state index contributed by atoms with van der Waals surface area (Å²) in [6, 6.07) is 7.78. The number of hydrogen-bond acceptors (Lipinski definition) is 2. The molecule has 1 aromatic carbocycles. The number of anilines is 1. The van der Waals surface area contributed by atoms with E-state index >= 15 is 0 Å². The minimum atomic E-state index is -0.125. The quantitative estimate of drug-likeness (QED) is 0.786. The molecule has 0 atom stereocenters. The molecule has 0 bridgehead atoms. The van der Waals surface area contributed by atoms with Crippen LogP contribution in [0.25, 0.3) is 10.9 Å². The summed E-state index contributed by atoms with van der Waals surface area (Å²) in [5.41, 5.74) is 2.95. The van der Waals surface area contributed by atoms with Gasteiger partial charge in [0.2, 0.25) is 0 Å². The number of aryl methyl sites for hydroxylation is 1. The van der Waals surface area contributed by atoms with Crippen LogP contribution in [0.2, 0.25) is 0 Å². The number of nitrogens with one attached hydrogen (secondary N) is 2. The fourth-order valence-electron chi connectivity index (χ4n) is 2.64. The van der Waals surface area contributed by atoms with Crippen molar-refractivity contribution in [3.8, 4) is 0 Å². The first-order chi connectivity index (χ1) is 10.8. The zero-order valence-corrected chi connectivity index (χ0v) is 14.4. The normalized spacial score (nSPS) is 11.7. The summed E-state index contributed by atoms with van der Waals surface area (Å²) < 4.78 is 0. The van der Waals surface area contributed by atoms with Gasteiger partial charge in [0.05, 0.1) is 0 Å². The molecular weight excluding hydrogens is 290 g/mol. The van der Waals surface area contributed by atoms with Crippen LogP contribution in [0, 0.1) is 12.3 Å². The van der Waals surface area contributed by atoms with Crippen molar-refractivity contribution in [2.75, 3.05) is 25.0 Å². The number of amides is 2. The molecule has 0 spiro atoms. The minimum absolute atomic E-state index is 0.00843. The summed E-state index contributed by atoms with van der Waals surface area (Å²) in [4.78, 5) is 17.6. The van der Waals surface area contributed by atoms with E-state index in [4.69, 9.17) is 5.11 Å². The summed E-state index contributed by atoms with van der Waals surface area (Å²) in [5.74, 6) is 0. The predicted molar refractivity (Wildman–Crippen MR) is 94.8 cm³/mol. The van der Waals surface area contributed by atoms with Crippen LogP contribution in [0.3, 0.4) is 0 Å². The third-order valence-corrected chi connectivity index (χ3v) is 3.55. The number of aliphatic hydroxyl groups excluding tert-OH is 1. The number of carbonyl (C=O) groups excluding carboxylic acids is 1. The number of H-pyrrole nitrogens is 1. The van der Waals surface area contributed by atoms with E-state index in [0.717, 1.165) is 22.3 Å². The lowest BCUT2D eigenvalue weighted by atomic mass is 9.96. The Morgan fingerprint density at radius 2 is 2.04 bits per heavy atom. The molecule has 23 heavy (non-hydrogen) atoms. The van der Waals surface area contributed by atoms with E-state index in [0.29, 0.717) is 19.5 Å². The van der Waals surface area contributed by atoms with Crippen molar-refractivity contribution in [3.63, 3.8) is 0 Å². The van der Waals surface area contributed by atoms with E-state index in [1.165, 1.54) is 0 Å². The second kappa shape index (κ2) is 7.04. The van der Waals surface area contributed by atoms with Gasteiger partial charge in [-0.3, -0.25) is 0 Å². The summed E-state index contributed by atoms with van der Waals surface area (Å²) in [6.07, 6.45) is 0.583. The van der Waals surface area contributed by atoms with Crippen molar-refractivity contribution in [1.29, 1.82) is 0 Å². The Labute approximate surface area is 137 Å². The number of aromatic nitrogens is 1. The Kier molecular flexibility index (Phi) is 5.31. The summed E-state index contributed by atoms with van der Waals surface area (Å²) in [5, 5.41) is 13.1. The van der Waals surface area contributed by atoms with E-state index in [9.17, 15) is 4.79 Å². The summed E-state index contributed by atoms with van der Waals surface area (Å²) >= 11 is 0. The second-order valence-electron chi connectivity index (χ2n) is 7.24. The summed E-state index contributed by atoms with van der Waals surface area (Å²) in [6.45, 7) is 9.58. The Balaban J connectivity index is 2.11. The molecule has 126 valence electrons. The highest BCUT2D eigenvalue weighted by Gasteiger charge is 2.20. The number of rotatable bonds is 5. The molecule has 2 aromatic rings. The fraction of sp³-hybridized carbons (Fsp3) is 0.500. The van der Waals surface area contributed by atoms with Crippen molar-refractivity contribution in [3.05, 3.63) is 30.0 Å². The largest absolute Gasteiger partial charge is 0.396 e. The maximum atomic E-state index is 12.6. The standard InChI is InChI=1S/C18H27N3O2/c1-13-10-14-11-15(6-7-16(14)19-13)20-17(23)21(8-5-9-22)12-18(2,3)4/h6-7,10-11,19,22H,5,8-9,12H2,1-4H3,(H,20,23). The van der Waals surface area contributed by atoms with Crippen LogP contribution >= 0.6 is 0 Å². The topological polar surface area (TPSA) is 68.4 Å². The SMILES string of the molecule is Cc1cc2cc(NC(=O)N(CCCO)CC(C)(C)C)ccc2[nH]1. The Morgan fingerprint density at radius 3 is 2.70 bits per heavy atom. The first kappa shape index (κ1) is 17.3. The van der Waals surface area contributed by atoms with Crippen LogP contribution < -0.4 is 5.32 Å². The molecule has 0 unspecified atom stereocenters. The molecule has 0 aliphatic rings. The van der Waals surface area contributed by atoms with Crippen LogP contribution in [-0.2, 0) is 0 Å². The van der Waals surface area contributed by atoms with Gasteiger partial charge in [0.15, 0.2) is 0 Å². The predicted octanol–water partition coefficient (Wildman–Crippen LogP) is 3.74. The van der Waals surface area contributed by atoms with Gasteiger partial charge < -0.3 is 20.3 Å². The number of benzene rings is 1. The third-order valence-electron chi connectivity index (χ3n) is 3.55. The fourth-order valence-corrected chi connectivity index (χ4v) is 2.64. The van der Waals surface area contributed by atoms with Gasteiger partial charge in [-0.25, -0.2) is 4.79 Å².